The zero-order valence-electron chi connectivity index (χ0n) is 10.6. The lowest BCUT2D eigenvalue weighted by atomic mass is 10.2. The SMILES string of the molecule is CC(C)(C)OC(=O)CSc1nc2ccccc2o1. The summed E-state index contributed by atoms with van der Waals surface area (Å²) in [5.74, 6) is -0.0702. The number of hydrogen-bond acceptors (Lipinski definition) is 5. The highest BCUT2D eigenvalue weighted by Crippen LogP contribution is 2.23. The van der Waals surface area contributed by atoms with Crippen LogP contribution in [0.15, 0.2) is 33.9 Å². The third-order valence-electron chi connectivity index (χ3n) is 2.01. The maximum absolute atomic E-state index is 11.5. The number of hydrogen-bond donors (Lipinski definition) is 0. The summed E-state index contributed by atoms with van der Waals surface area (Å²) >= 11 is 1.24. The first-order valence-corrected chi connectivity index (χ1v) is 6.63. The largest absolute Gasteiger partial charge is 0.459 e. The molecule has 0 amide bonds. The van der Waals surface area contributed by atoms with Crippen LogP contribution in [-0.2, 0) is 9.53 Å². The molecule has 0 aliphatic carbocycles. The van der Waals surface area contributed by atoms with Gasteiger partial charge in [0.15, 0.2) is 5.58 Å². The second-order valence-corrected chi connectivity index (χ2v) is 5.75. The normalized spacial score (nSPS) is 11.7. The second-order valence-electron chi connectivity index (χ2n) is 4.82. The van der Waals surface area contributed by atoms with Crippen LogP contribution < -0.4 is 0 Å². The molecule has 0 spiro atoms. The van der Waals surface area contributed by atoms with E-state index in [1.165, 1.54) is 11.8 Å². The highest BCUT2D eigenvalue weighted by Gasteiger charge is 2.17. The third kappa shape index (κ3) is 3.50. The van der Waals surface area contributed by atoms with Gasteiger partial charge in [-0.05, 0) is 32.9 Å². The van der Waals surface area contributed by atoms with Gasteiger partial charge in [0, 0.05) is 0 Å². The second kappa shape index (κ2) is 5.02. The van der Waals surface area contributed by atoms with Gasteiger partial charge in [-0.1, -0.05) is 23.9 Å². The Morgan fingerprint density at radius 1 is 1.39 bits per heavy atom. The lowest BCUT2D eigenvalue weighted by molar-refractivity contribution is -0.151. The number of carbonyl (C=O) groups excluding carboxylic acids is 1. The molecule has 4 nitrogen and oxygen atoms in total. The van der Waals surface area contributed by atoms with Crippen molar-refractivity contribution < 1.29 is 13.9 Å². The Kier molecular flexibility index (Phi) is 3.61. The molecule has 0 unspecified atom stereocenters. The fraction of sp³-hybridized carbons (Fsp3) is 0.385. The number of nitrogens with zero attached hydrogens (tertiary/aromatic N) is 1. The number of benzene rings is 1. The monoisotopic (exact) mass is 265 g/mol. The molecule has 0 atom stereocenters. The molecule has 2 aromatic rings. The van der Waals surface area contributed by atoms with E-state index in [1.54, 1.807) is 0 Å². The minimum atomic E-state index is -0.459. The molecule has 0 saturated heterocycles. The molecule has 5 heteroatoms. The lowest BCUT2D eigenvalue weighted by Gasteiger charge is -2.18. The molecule has 1 aromatic heterocycles. The van der Waals surface area contributed by atoms with E-state index < -0.39 is 5.60 Å². The van der Waals surface area contributed by atoms with Crippen molar-refractivity contribution in [3.8, 4) is 0 Å². The number of carbonyl (C=O) groups is 1. The molecular formula is C13H15NO3S. The van der Waals surface area contributed by atoms with Crippen LogP contribution in [-0.4, -0.2) is 22.3 Å². The molecule has 0 aliphatic heterocycles. The van der Waals surface area contributed by atoms with Crippen LogP contribution in [0.4, 0.5) is 0 Å². The van der Waals surface area contributed by atoms with E-state index in [0.29, 0.717) is 5.22 Å². The van der Waals surface area contributed by atoms with Crippen LogP contribution in [0.2, 0.25) is 0 Å². The van der Waals surface area contributed by atoms with Crippen molar-refractivity contribution in [1.29, 1.82) is 0 Å². The number of thioether (sulfide) groups is 1. The standard InChI is InChI=1S/C13H15NO3S/c1-13(2,3)17-11(15)8-18-12-14-9-6-4-5-7-10(9)16-12/h4-7H,8H2,1-3H3. The van der Waals surface area contributed by atoms with Crippen LogP contribution in [0, 0.1) is 0 Å². The Hall–Kier alpha value is -1.49. The van der Waals surface area contributed by atoms with Crippen molar-refractivity contribution in [1.82, 2.24) is 4.98 Å². The molecule has 96 valence electrons. The molecule has 18 heavy (non-hydrogen) atoms. The van der Waals surface area contributed by atoms with Gasteiger partial charge in [0.1, 0.15) is 16.9 Å². The summed E-state index contributed by atoms with van der Waals surface area (Å²) in [6.07, 6.45) is 0. The average molecular weight is 265 g/mol. The van der Waals surface area contributed by atoms with Crippen molar-refractivity contribution in [2.75, 3.05) is 5.75 Å². The van der Waals surface area contributed by atoms with Crippen LogP contribution in [0.1, 0.15) is 20.8 Å². The van der Waals surface area contributed by atoms with Crippen molar-refractivity contribution >= 4 is 28.8 Å². The maximum Gasteiger partial charge on any atom is 0.316 e. The van der Waals surface area contributed by atoms with Crippen molar-refractivity contribution in [3.05, 3.63) is 24.3 Å². The Morgan fingerprint density at radius 2 is 2.11 bits per heavy atom. The summed E-state index contributed by atoms with van der Waals surface area (Å²) in [7, 11) is 0. The molecule has 0 N–H and O–H groups in total. The van der Waals surface area contributed by atoms with Gasteiger partial charge in [0.2, 0.25) is 0 Å². The Morgan fingerprint density at radius 3 is 2.78 bits per heavy atom. The first kappa shape index (κ1) is 13.0. The summed E-state index contributed by atoms with van der Waals surface area (Å²) in [4.78, 5) is 15.8. The summed E-state index contributed by atoms with van der Waals surface area (Å²) in [5.41, 5.74) is 1.06. The predicted molar refractivity (Wildman–Crippen MR) is 70.6 cm³/mol. The van der Waals surface area contributed by atoms with Crippen molar-refractivity contribution in [2.45, 2.75) is 31.6 Å². The Labute approximate surface area is 110 Å². The van der Waals surface area contributed by atoms with Gasteiger partial charge in [-0.2, -0.15) is 0 Å². The van der Waals surface area contributed by atoms with Gasteiger partial charge in [-0.3, -0.25) is 4.79 Å². The predicted octanol–water partition coefficient (Wildman–Crippen LogP) is 3.26. The van der Waals surface area contributed by atoms with Gasteiger partial charge in [0.05, 0.1) is 0 Å². The molecule has 0 radical (unpaired) electrons. The van der Waals surface area contributed by atoms with E-state index in [-0.39, 0.29) is 11.7 Å². The number of para-hydroxylation sites is 2. The van der Waals surface area contributed by atoms with Gasteiger partial charge >= 0.3 is 5.97 Å². The first-order chi connectivity index (χ1) is 8.44. The zero-order valence-corrected chi connectivity index (χ0v) is 11.4. The molecule has 0 fully saturated rings. The Balaban J connectivity index is 1.96. The fourth-order valence-corrected chi connectivity index (χ4v) is 2.02. The van der Waals surface area contributed by atoms with Gasteiger partial charge in [-0.15, -0.1) is 0 Å². The van der Waals surface area contributed by atoms with E-state index >= 15 is 0 Å². The zero-order chi connectivity index (χ0) is 13.2. The molecule has 2 rings (SSSR count). The van der Waals surface area contributed by atoms with Gasteiger partial charge in [0.25, 0.3) is 5.22 Å². The van der Waals surface area contributed by atoms with Crippen LogP contribution >= 0.6 is 11.8 Å². The van der Waals surface area contributed by atoms with E-state index in [0.717, 1.165) is 11.1 Å². The molecule has 0 aliphatic rings. The van der Waals surface area contributed by atoms with Crippen molar-refractivity contribution in [2.24, 2.45) is 0 Å². The molecule has 0 saturated carbocycles. The smallest absolute Gasteiger partial charge is 0.316 e. The van der Waals surface area contributed by atoms with Crippen LogP contribution in [0.5, 0.6) is 0 Å². The van der Waals surface area contributed by atoms with E-state index in [4.69, 9.17) is 9.15 Å². The summed E-state index contributed by atoms with van der Waals surface area (Å²) < 4.78 is 10.7. The molecule has 0 bridgehead atoms. The van der Waals surface area contributed by atoms with Crippen molar-refractivity contribution in [3.63, 3.8) is 0 Å². The summed E-state index contributed by atoms with van der Waals surface area (Å²) in [5, 5.41) is 0.488. The van der Waals surface area contributed by atoms with E-state index in [2.05, 4.69) is 4.98 Å². The Bertz CT molecular complexity index is 524. The number of fused-ring (bicyclic) bond motifs is 1. The molecule has 1 aromatic carbocycles. The third-order valence-corrected chi connectivity index (χ3v) is 2.81. The first-order valence-electron chi connectivity index (χ1n) is 5.64. The molecule has 1 heterocycles. The number of rotatable bonds is 3. The van der Waals surface area contributed by atoms with E-state index in [9.17, 15) is 4.79 Å². The topological polar surface area (TPSA) is 52.3 Å². The minimum absolute atomic E-state index is 0.199. The van der Waals surface area contributed by atoms with Crippen LogP contribution in [0.25, 0.3) is 11.1 Å². The maximum atomic E-state index is 11.5. The summed E-state index contributed by atoms with van der Waals surface area (Å²) in [6.45, 7) is 5.53. The van der Waals surface area contributed by atoms with E-state index in [1.807, 2.05) is 45.0 Å². The highest BCUT2D eigenvalue weighted by atomic mass is 32.2. The fourth-order valence-electron chi connectivity index (χ4n) is 1.40. The van der Waals surface area contributed by atoms with Gasteiger partial charge < -0.3 is 9.15 Å². The van der Waals surface area contributed by atoms with Gasteiger partial charge in [-0.25, -0.2) is 4.98 Å². The average Bonchev–Trinajstić information content (AvgIpc) is 2.66. The quantitative estimate of drug-likeness (QED) is 0.629. The number of esters is 1. The highest BCUT2D eigenvalue weighted by molar-refractivity contribution is 7.99. The number of aromatic nitrogens is 1. The summed E-state index contributed by atoms with van der Waals surface area (Å²) in [6, 6.07) is 7.50. The minimum Gasteiger partial charge on any atom is -0.459 e. The number of oxazole rings is 1. The van der Waals surface area contributed by atoms with Crippen LogP contribution in [0.3, 0.4) is 0 Å². The number of ether oxygens (including phenoxy) is 1. The lowest BCUT2D eigenvalue weighted by Crippen LogP contribution is -2.24. The molecular weight excluding hydrogens is 250 g/mol.